The zero-order valence-electron chi connectivity index (χ0n) is 7.59. The number of hydrogen-bond donors (Lipinski definition) is 1. The maximum Gasteiger partial charge on any atom is 0.0307 e. The second-order valence-corrected chi connectivity index (χ2v) is 3.46. The van der Waals surface area contributed by atoms with Crippen LogP contribution in [0.25, 0.3) is 0 Å². The van der Waals surface area contributed by atoms with Crippen LogP contribution < -0.4 is 5.32 Å². The summed E-state index contributed by atoms with van der Waals surface area (Å²) in [5, 5.41) is 3.86. The molecule has 0 amide bonds. The average molecular weight is 196 g/mol. The minimum absolute atomic E-state index is 0.660. The third-order valence-electron chi connectivity index (χ3n) is 1.75. The van der Waals surface area contributed by atoms with Gasteiger partial charge in [0, 0.05) is 11.6 Å². The molecule has 0 unspecified atom stereocenters. The van der Waals surface area contributed by atoms with Crippen LogP contribution in [0.2, 0.25) is 0 Å². The van der Waals surface area contributed by atoms with Crippen molar-refractivity contribution in [1.29, 1.82) is 0 Å². The van der Waals surface area contributed by atoms with Crippen LogP contribution in [0.15, 0.2) is 41.9 Å². The lowest BCUT2D eigenvalue weighted by Gasteiger charge is -2.02. The van der Waals surface area contributed by atoms with Gasteiger partial charge in [0.1, 0.15) is 0 Å². The van der Waals surface area contributed by atoms with Crippen LogP contribution >= 0.6 is 11.6 Å². The van der Waals surface area contributed by atoms with Gasteiger partial charge in [-0.05, 0) is 18.5 Å². The van der Waals surface area contributed by atoms with Crippen molar-refractivity contribution >= 4 is 11.6 Å². The van der Waals surface area contributed by atoms with Gasteiger partial charge in [-0.2, -0.15) is 0 Å². The Morgan fingerprint density at radius 1 is 1.31 bits per heavy atom. The number of benzene rings is 1. The van der Waals surface area contributed by atoms with E-state index in [-0.39, 0.29) is 0 Å². The highest BCUT2D eigenvalue weighted by molar-refractivity contribution is 6.29. The summed E-state index contributed by atoms with van der Waals surface area (Å²) in [5.74, 6) is 0. The van der Waals surface area contributed by atoms with Crippen LogP contribution in [-0.4, -0.2) is 13.1 Å². The summed E-state index contributed by atoms with van der Waals surface area (Å²) in [6.45, 7) is 5.23. The predicted octanol–water partition coefficient (Wildman–Crippen LogP) is 2.57. The van der Waals surface area contributed by atoms with Gasteiger partial charge in [0.25, 0.3) is 0 Å². The monoisotopic (exact) mass is 195 g/mol. The van der Waals surface area contributed by atoms with Crippen molar-refractivity contribution in [3.63, 3.8) is 0 Å². The first kappa shape index (κ1) is 10.3. The molecular weight excluding hydrogens is 182 g/mol. The predicted molar refractivity (Wildman–Crippen MR) is 58.0 cm³/mol. The molecule has 0 aliphatic rings. The molecule has 0 aromatic heterocycles. The van der Waals surface area contributed by atoms with E-state index >= 15 is 0 Å². The quantitative estimate of drug-likeness (QED) is 0.713. The fourth-order valence-corrected chi connectivity index (χ4v) is 1.20. The summed E-state index contributed by atoms with van der Waals surface area (Å²) >= 11 is 5.60. The molecule has 0 bridgehead atoms. The van der Waals surface area contributed by atoms with Crippen molar-refractivity contribution < 1.29 is 0 Å². The van der Waals surface area contributed by atoms with Gasteiger partial charge in [0.15, 0.2) is 0 Å². The Morgan fingerprint density at radius 2 is 2.00 bits per heavy atom. The third kappa shape index (κ3) is 4.71. The summed E-state index contributed by atoms with van der Waals surface area (Å²) in [7, 11) is 0. The molecule has 1 N–H and O–H groups in total. The Hall–Kier alpha value is -0.790. The molecule has 2 heteroatoms. The second-order valence-electron chi connectivity index (χ2n) is 2.93. The van der Waals surface area contributed by atoms with Crippen LogP contribution in [0.4, 0.5) is 0 Å². The molecule has 1 rings (SSSR count). The topological polar surface area (TPSA) is 12.0 Å². The first-order valence-corrected chi connectivity index (χ1v) is 4.75. The molecule has 0 heterocycles. The van der Waals surface area contributed by atoms with Crippen LogP contribution in [0.3, 0.4) is 0 Å². The molecule has 0 aliphatic carbocycles. The largest absolute Gasteiger partial charge is 0.311 e. The van der Waals surface area contributed by atoms with E-state index in [4.69, 9.17) is 11.6 Å². The third-order valence-corrected chi connectivity index (χ3v) is 1.88. The highest BCUT2D eigenvalue weighted by atomic mass is 35.5. The fourth-order valence-electron chi connectivity index (χ4n) is 1.10. The molecule has 0 saturated carbocycles. The van der Waals surface area contributed by atoms with Gasteiger partial charge >= 0.3 is 0 Å². The SMILES string of the molecule is C=C(Cl)CNCCc1ccccc1. The Kier molecular flexibility index (Phi) is 4.58. The molecule has 1 aromatic carbocycles. The second kappa shape index (κ2) is 5.79. The van der Waals surface area contributed by atoms with Gasteiger partial charge in [-0.25, -0.2) is 0 Å². The van der Waals surface area contributed by atoms with E-state index in [1.54, 1.807) is 0 Å². The van der Waals surface area contributed by atoms with Gasteiger partial charge in [-0.1, -0.05) is 48.5 Å². The summed E-state index contributed by atoms with van der Waals surface area (Å²) in [4.78, 5) is 0. The van der Waals surface area contributed by atoms with Crippen molar-refractivity contribution in [2.75, 3.05) is 13.1 Å². The summed E-state index contributed by atoms with van der Waals surface area (Å²) in [5.41, 5.74) is 1.34. The number of nitrogens with one attached hydrogen (secondary N) is 1. The van der Waals surface area contributed by atoms with Crippen molar-refractivity contribution in [2.45, 2.75) is 6.42 Å². The highest BCUT2D eigenvalue weighted by Crippen LogP contribution is 1.98. The minimum Gasteiger partial charge on any atom is -0.311 e. The van der Waals surface area contributed by atoms with Gasteiger partial charge in [-0.3, -0.25) is 0 Å². The lowest BCUT2D eigenvalue weighted by Crippen LogP contribution is -2.18. The number of halogens is 1. The van der Waals surface area contributed by atoms with E-state index in [1.807, 2.05) is 6.07 Å². The highest BCUT2D eigenvalue weighted by Gasteiger charge is 1.91. The Labute approximate surface area is 84.4 Å². The molecule has 0 saturated heterocycles. The minimum atomic E-state index is 0.660. The molecule has 0 radical (unpaired) electrons. The molecule has 13 heavy (non-hydrogen) atoms. The van der Waals surface area contributed by atoms with Crippen LogP contribution in [0, 0.1) is 0 Å². The van der Waals surface area contributed by atoms with Crippen molar-refractivity contribution in [3.8, 4) is 0 Å². The molecule has 0 aliphatic heterocycles. The average Bonchev–Trinajstić information content (AvgIpc) is 2.14. The first-order valence-electron chi connectivity index (χ1n) is 4.37. The van der Waals surface area contributed by atoms with Crippen LogP contribution in [0.1, 0.15) is 5.56 Å². The fraction of sp³-hybridized carbons (Fsp3) is 0.273. The first-order chi connectivity index (χ1) is 6.29. The smallest absolute Gasteiger partial charge is 0.0307 e. The lowest BCUT2D eigenvalue weighted by atomic mass is 10.1. The zero-order chi connectivity index (χ0) is 9.52. The van der Waals surface area contributed by atoms with Crippen molar-refractivity contribution in [1.82, 2.24) is 5.32 Å². The van der Waals surface area contributed by atoms with E-state index in [1.165, 1.54) is 5.56 Å². The Balaban J connectivity index is 2.17. The standard InChI is InChI=1S/C11H14ClN/c1-10(12)9-13-8-7-11-5-3-2-4-6-11/h2-6,13H,1,7-9H2. The normalized spacial score (nSPS) is 9.92. The van der Waals surface area contributed by atoms with Crippen LogP contribution in [0.5, 0.6) is 0 Å². The number of rotatable bonds is 5. The van der Waals surface area contributed by atoms with Gasteiger partial charge in [0.2, 0.25) is 0 Å². The van der Waals surface area contributed by atoms with E-state index in [9.17, 15) is 0 Å². The molecular formula is C11H14ClN. The molecule has 0 atom stereocenters. The molecule has 1 aromatic rings. The zero-order valence-corrected chi connectivity index (χ0v) is 8.35. The van der Waals surface area contributed by atoms with E-state index in [0.29, 0.717) is 11.6 Å². The molecule has 0 fully saturated rings. The number of hydrogen-bond acceptors (Lipinski definition) is 1. The van der Waals surface area contributed by atoms with E-state index < -0.39 is 0 Å². The summed E-state index contributed by atoms with van der Waals surface area (Å²) in [6, 6.07) is 10.4. The molecule has 1 nitrogen and oxygen atoms in total. The van der Waals surface area contributed by atoms with E-state index in [0.717, 1.165) is 13.0 Å². The van der Waals surface area contributed by atoms with Crippen molar-refractivity contribution in [3.05, 3.63) is 47.5 Å². The van der Waals surface area contributed by atoms with Gasteiger partial charge in [0.05, 0.1) is 0 Å². The van der Waals surface area contributed by atoms with Gasteiger partial charge < -0.3 is 5.32 Å². The summed E-state index contributed by atoms with van der Waals surface area (Å²) in [6.07, 6.45) is 1.03. The van der Waals surface area contributed by atoms with Gasteiger partial charge in [-0.15, -0.1) is 0 Å². The van der Waals surface area contributed by atoms with Crippen molar-refractivity contribution in [2.24, 2.45) is 0 Å². The Bertz CT molecular complexity index is 256. The lowest BCUT2D eigenvalue weighted by molar-refractivity contribution is 0.740. The maximum atomic E-state index is 5.60. The molecule has 70 valence electrons. The van der Waals surface area contributed by atoms with E-state index in [2.05, 4.69) is 36.2 Å². The molecule has 0 spiro atoms. The Morgan fingerprint density at radius 3 is 2.62 bits per heavy atom. The maximum absolute atomic E-state index is 5.60. The summed E-state index contributed by atoms with van der Waals surface area (Å²) < 4.78 is 0. The van der Waals surface area contributed by atoms with Crippen LogP contribution in [-0.2, 0) is 6.42 Å².